The molecule has 1 N–H and O–H groups in total. The molecule has 0 aliphatic heterocycles. The van der Waals surface area contributed by atoms with Gasteiger partial charge in [0.25, 0.3) is 11.6 Å². The second-order valence-corrected chi connectivity index (χ2v) is 5.57. The average molecular weight is 428 g/mol. The highest BCUT2D eigenvalue weighted by Crippen LogP contribution is 2.31. The minimum atomic E-state index is -0.543. The number of hydrogen-bond donors (Lipinski definition) is 1. The summed E-state index contributed by atoms with van der Waals surface area (Å²) in [5, 5.41) is 13.5. The summed E-state index contributed by atoms with van der Waals surface area (Å²) in [6.07, 6.45) is 0. The van der Waals surface area contributed by atoms with Gasteiger partial charge < -0.3 is 14.8 Å². The molecule has 0 heterocycles. The van der Waals surface area contributed by atoms with Gasteiger partial charge in [-0.15, -0.1) is 0 Å². The monoisotopic (exact) mass is 428 g/mol. The second-order valence-electron chi connectivity index (χ2n) is 4.41. The standard InChI is InChI=1S/C15H13IN2O5/c1-22-13-7-6-10(18(20)21)8-14(13)23-9-15(19)17-12-5-3-2-4-11(12)16/h2-8H,9H2,1H3,(H,17,19). The summed E-state index contributed by atoms with van der Waals surface area (Å²) in [7, 11) is 1.42. The van der Waals surface area contributed by atoms with Gasteiger partial charge in [-0.25, -0.2) is 0 Å². The van der Waals surface area contributed by atoms with E-state index in [0.717, 1.165) is 3.57 Å². The molecule has 7 nitrogen and oxygen atoms in total. The normalized spacial score (nSPS) is 10.0. The number of amides is 1. The van der Waals surface area contributed by atoms with Crippen molar-refractivity contribution in [3.8, 4) is 11.5 Å². The highest BCUT2D eigenvalue weighted by molar-refractivity contribution is 14.1. The zero-order valence-corrected chi connectivity index (χ0v) is 14.3. The van der Waals surface area contributed by atoms with Crippen LogP contribution in [0, 0.1) is 13.7 Å². The number of carbonyl (C=O) groups excluding carboxylic acids is 1. The Morgan fingerprint density at radius 1 is 1.26 bits per heavy atom. The molecular weight excluding hydrogens is 415 g/mol. The molecule has 1 amide bonds. The lowest BCUT2D eigenvalue weighted by atomic mass is 10.3. The van der Waals surface area contributed by atoms with E-state index in [-0.39, 0.29) is 24.0 Å². The zero-order valence-electron chi connectivity index (χ0n) is 12.1. The lowest BCUT2D eigenvalue weighted by Gasteiger charge is -2.11. The first-order chi connectivity index (χ1) is 11.0. The summed E-state index contributed by atoms with van der Waals surface area (Å²) in [5.74, 6) is 0.0833. The van der Waals surface area contributed by atoms with Crippen LogP contribution in [-0.2, 0) is 4.79 Å². The number of nitro groups is 1. The van der Waals surface area contributed by atoms with E-state index in [0.29, 0.717) is 11.4 Å². The van der Waals surface area contributed by atoms with E-state index in [1.165, 1.54) is 25.3 Å². The molecule has 0 atom stereocenters. The van der Waals surface area contributed by atoms with Crippen LogP contribution >= 0.6 is 22.6 Å². The molecule has 0 aliphatic rings. The number of benzene rings is 2. The fraction of sp³-hybridized carbons (Fsp3) is 0.133. The summed E-state index contributed by atoms with van der Waals surface area (Å²) in [6.45, 7) is -0.289. The second kappa shape index (κ2) is 7.77. The number of carbonyl (C=O) groups is 1. The molecule has 0 aromatic heterocycles. The van der Waals surface area contributed by atoms with Crippen LogP contribution in [0.15, 0.2) is 42.5 Å². The van der Waals surface area contributed by atoms with Gasteiger partial charge in [0.1, 0.15) is 0 Å². The summed E-state index contributed by atoms with van der Waals surface area (Å²) in [6, 6.07) is 11.3. The van der Waals surface area contributed by atoms with Crippen LogP contribution in [0.1, 0.15) is 0 Å². The minimum absolute atomic E-state index is 0.139. The highest BCUT2D eigenvalue weighted by atomic mass is 127. The maximum atomic E-state index is 11.9. The molecule has 0 unspecified atom stereocenters. The third-order valence-corrected chi connectivity index (χ3v) is 3.81. The lowest BCUT2D eigenvalue weighted by Crippen LogP contribution is -2.20. The number of para-hydroxylation sites is 1. The molecule has 0 radical (unpaired) electrons. The molecule has 2 aromatic carbocycles. The topological polar surface area (TPSA) is 90.7 Å². The van der Waals surface area contributed by atoms with Gasteiger partial charge >= 0.3 is 0 Å². The van der Waals surface area contributed by atoms with Gasteiger partial charge in [-0.2, -0.15) is 0 Å². The quantitative estimate of drug-likeness (QED) is 0.434. The van der Waals surface area contributed by atoms with Crippen molar-refractivity contribution in [3.05, 3.63) is 56.1 Å². The number of anilines is 1. The highest BCUT2D eigenvalue weighted by Gasteiger charge is 2.14. The van der Waals surface area contributed by atoms with Gasteiger partial charge in [0, 0.05) is 9.64 Å². The Kier molecular flexibility index (Phi) is 5.74. The van der Waals surface area contributed by atoms with Gasteiger partial charge in [-0.05, 0) is 40.8 Å². The van der Waals surface area contributed by atoms with Crippen molar-refractivity contribution in [1.82, 2.24) is 0 Å². The number of hydrogen-bond acceptors (Lipinski definition) is 5. The molecule has 0 saturated carbocycles. The molecular formula is C15H13IN2O5. The number of nitrogens with zero attached hydrogens (tertiary/aromatic N) is 1. The number of rotatable bonds is 6. The largest absolute Gasteiger partial charge is 0.493 e. The summed E-state index contributed by atoms with van der Waals surface area (Å²) in [5.41, 5.74) is 0.534. The Balaban J connectivity index is 2.05. The van der Waals surface area contributed by atoms with Crippen molar-refractivity contribution in [1.29, 1.82) is 0 Å². The SMILES string of the molecule is COc1ccc([N+](=O)[O-])cc1OCC(=O)Nc1ccccc1I. The molecule has 2 rings (SSSR count). The van der Waals surface area contributed by atoms with Gasteiger partial charge in [-0.1, -0.05) is 12.1 Å². The van der Waals surface area contributed by atoms with Crippen LogP contribution in [-0.4, -0.2) is 24.5 Å². The molecule has 0 fully saturated rings. The van der Waals surface area contributed by atoms with Crippen molar-refractivity contribution in [2.75, 3.05) is 19.0 Å². The fourth-order valence-corrected chi connectivity index (χ4v) is 2.31. The molecule has 120 valence electrons. The Labute approximate surface area is 145 Å². The molecule has 0 saturated heterocycles. The van der Waals surface area contributed by atoms with E-state index >= 15 is 0 Å². The fourth-order valence-electron chi connectivity index (χ4n) is 1.78. The van der Waals surface area contributed by atoms with E-state index in [4.69, 9.17) is 9.47 Å². The van der Waals surface area contributed by atoms with Gasteiger partial charge in [0.2, 0.25) is 0 Å². The van der Waals surface area contributed by atoms with Crippen LogP contribution in [0.25, 0.3) is 0 Å². The zero-order chi connectivity index (χ0) is 16.8. The predicted octanol–water partition coefficient (Wildman–Crippen LogP) is 3.23. The molecule has 0 bridgehead atoms. The number of ether oxygens (including phenoxy) is 2. The predicted molar refractivity (Wildman–Crippen MR) is 92.9 cm³/mol. The van der Waals surface area contributed by atoms with Crippen LogP contribution in [0.2, 0.25) is 0 Å². The van der Waals surface area contributed by atoms with E-state index in [1.54, 1.807) is 6.07 Å². The van der Waals surface area contributed by atoms with Crippen LogP contribution in [0.4, 0.5) is 11.4 Å². The summed E-state index contributed by atoms with van der Waals surface area (Å²) >= 11 is 2.11. The lowest BCUT2D eigenvalue weighted by molar-refractivity contribution is -0.385. The maximum absolute atomic E-state index is 11.9. The van der Waals surface area contributed by atoms with E-state index in [1.807, 2.05) is 18.2 Å². The maximum Gasteiger partial charge on any atom is 0.273 e. The first-order valence-electron chi connectivity index (χ1n) is 6.51. The van der Waals surface area contributed by atoms with Crippen LogP contribution in [0.5, 0.6) is 11.5 Å². The van der Waals surface area contributed by atoms with E-state index in [9.17, 15) is 14.9 Å². The van der Waals surface area contributed by atoms with Gasteiger partial charge in [0.15, 0.2) is 18.1 Å². The number of nitrogens with one attached hydrogen (secondary N) is 1. The average Bonchev–Trinajstić information content (AvgIpc) is 2.54. The summed E-state index contributed by atoms with van der Waals surface area (Å²) < 4.78 is 11.3. The molecule has 8 heteroatoms. The third-order valence-electron chi connectivity index (χ3n) is 2.86. The number of nitro benzene ring substituents is 1. The minimum Gasteiger partial charge on any atom is -0.493 e. The molecule has 0 aliphatic carbocycles. The van der Waals surface area contributed by atoms with Crippen LogP contribution < -0.4 is 14.8 Å². The Morgan fingerprint density at radius 3 is 2.65 bits per heavy atom. The first kappa shape index (κ1) is 17.0. The smallest absolute Gasteiger partial charge is 0.273 e. The van der Waals surface area contributed by atoms with Crippen LogP contribution in [0.3, 0.4) is 0 Å². The van der Waals surface area contributed by atoms with Crippen molar-refractivity contribution < 1.29 is 19.2 Å². The summed E-state index contributed by atoms with van der Waals surface area (Å²) in [4.78, 5) is 22.2. The van der Waals surface area contributed by atoms with Crippen molar-refractivity contribution in [2.24, 2.45) is 0 Å². The Hall–Kier alpha value is -2.36. The molecule has 2 aromatic rings. The van der Waals surface area contributed by atoms with Crippen molar-refractivity contribution in [3.63, 3.8) is 0 Å². The van der Waals surface area contributed by atoms with E-state index in [2.05, 4.69) is 27.9 Å². The third kappa shape index (κ3) is 4.55. The number of halogens is 1. The Morgan fingerprint density at radius 2 is 2.00 bits per heavy atom. The molecule has 23 heavy (non-hydrogen) atoms. The van der Waals surface area contributed by atoms with E-state index < -0.39 is 4.92 Å². The molecule has 0 spiro atoms. The van der Waals surface area contributed by atoms with Crippen molar-refractivity contribution in [2.45, 2.75) is 0 Å². The number of non-ortho nitro benzene ring substituents is 1. The van der Waals surface area contributed by atoms with Gasteiger partial charge in [-0.3, -0.25) is 14.9 Å². The first-order valence-corrected chi connectivity index (χ1v) is 7.58. The van der Waals surface area contributed by atoms with Gasteiger partial charge in [0.05, 0.1) is 23.8 Å². The number of methoxy groups -OCH3 is 1. The Bertz CT molecular complexity index is 736. The van der Waals surface area contributed by atoms with Crippen molar-refractivity contribution >= 4 is 39.9 Å².